The summed E-state index contributed by atoms with van der Waals surface area (Å²) in [6.45, 7) is 7.94. The topological polar surface area (TPSA) is 60.3 Å². The van der Waals surface area contributed by atoms with Crippen LogP contribution in [0.15, 0.2) is 47.8 Å². The number of aryl methyl sites for hydroxylation is 1. The standard InChI is InChI=1S/C19H21ClN2O3/c1-5-12(2)7-6-10-21-18(23)16-14-11-13(20)8-9-15(14)22(3)19(24)17(16)25-4/h5,8-9,11H,1-2,6-7,10H2,3-4H3,(H,21,23). The molecular weight excluding hydrogens is 340 g/mol. The number of hydrogen-bond acceptors (Lipinski definition) is 3. The van der Waals surface area contributed by atoms with E-state index in [1.165, 1.54) is 11.7 Å². The molecule has 2 rings (SSSR count). The van der Waals surface area contributed by atoms with Crippen LogP contribution < -0.4 is 15.6 Å². The van der Waals surface area contributed by atoms with Crippen LogP contribution in [0, 0.1) is 0 Å². The van der Waals surface area contributed by atoms with Gasteiger partial charge in [0.05, 0.1) is 18.2 Å². The second-order valence-corrected chi connectivity index (χ2v) is 6.09. The molecule has 2 aromatic rings. The Labute approximate surface area is 151 Å². The summed E-state index contributed by atoms with van der Waals surface area (Å²) in [6.07, 6.45) is 3.16. The molecule has 0 saturated carbocycles. The largest absolute Gasteiger partial charge is 0.490 e. The number of allylic oxidation sites excluding steroid dienone is 2. The molecule has 25 heavy (non-hydrogen) atoms. The average molecular weight is 361 g/mol. The maximum Gasteiger partial charge on any atom is 0.293 e. The van der Waals surface area contributed by atoms with Gasteiger partial charge in [0.15, 0.2) is 5.75 Å². The van der Waals surface area contributed by atoms with Gasteiger partial charge in [-0.25, -0.2) is 0 Å². The van der Waals surface area contributed by atoms with Gasteiger partial charge in [-0.2, -0.15) is 0 Å². The highest BCUT2D eigenvalue weighted by Gasteiger charge is 2.21. The molecule has 5 nitrogen and oxygen atoms in total. The average Bonchev–Trinajstić information content (AvgIpc) is 2.60. The van der Waals surface area contributed by atoms with Gasteiger partial charge in [0.2, 0.25) is 0 Å². The third-order valence-electron chi connectivity index (χ3n) is 4.00. The zero-order valence-corrected chi connectivity index (χ0v) is 15.2. The van der Waals surface area contributed by atoms with E-state index in [-0.39, 0.29) is 22.8 Å². The Balaban J connectivity index is 2.41. The smallest absolute Gasteiger partial charge is 0.293 e. The molecule has 0 atom stereocenters. The van der Waals surface area contributed by atoms with Gasteiger partial charge < -0.3 is 14.6 Å². The molecule has 0 aliphatic carbocycles. The molecule has 0 aliphatic heterocycles. The molecule has 1 N–H and O–H groups in total. The minimum Gasteiger partial charge on any atom is -0.490 e. The maximum absolute atomic E-state index is 12.7. The first-order valence-electron chi connectivity index (χ1n) is 7.85. The summed E-state index contributed by atoms with van der Waals surface area (Å²) in [5, 5.41) is 3.87. The zero-order valence-electron chi connectivity index (χ0n) is 14.4. The van der Waals surface area contributed by atoms with Crippen molar-refractivity contribution >= 4 is 28.4 Å². The predicted octanol–water partition coefficient (Wildman–Crippen LogP) is 3.45. The molecule has 132 valence electrons. The molecular formula is C19H21ClN2O3. The van der Waals surface area contributed by atoms with Crippen LogP contribution in [-0.4, -0.2) is 24.1 Å². The highest BCUT2D eigenvalue weighted by Crippen LogP contribution is 2.27. The lowest BCUT2D eigenvalue weighted by Crippen LogP contribution is -2.29. The van der Waals surface area contributed by atoms with E-state index in [0.717, 1.165) is 18.4 Å². The Morgan fingerprint density at radius 3 is 2.80 bits per heavy atom. The van der Waals surface area contributed by atoms with Crippen molar-refractivity contribution in [3.63, 3.8) is 0 Å². The van der Waals surface area contributed by atoms with Crippen LogP contribution in [0.5, 0.6) is 5.75 Å². The Morgan fingerprint density at radius 2 is 2.16 bits per heavy atom. The summed E-state index contributed by atoms with van der Waals surface area (Å²) in [7, 11) is 3.00. The highest BCUT2D eigenvalue weighted by atomic mass is 35.5. The summed E-state index contributed by atoms with van der Waals surface area (Å²) < 4.78 is 6.66. The van der Waals surface area contributed by atoms with Crippen molar-refractivity contribution in [2.24, 2.45) is 7.05 Å². The summed E-state index contributed by atoms with van der Waals surface area (Å²) in [4.78, 5) is 25.2. The number of nitrogens with zero attached hydrogens (tertiary/aromatic N) is 1. The fourth-order valence-corrected chi connectivity index (χ4v) is 2.79. The van der Waals surface area contributed by atoms with Gasteiger partial charge in [-0.3, -0.25) is 9.59 Å². The second-order valence-electron chi connectivity index (χ2n) is 5.66. The number of halogens is 1. The number of fused-ring (bicyclic) bond motifs is 1. The van der Waals surface area contributed by atoms with E-state index in [1.807, 2.05) is 0 Å². The van der Waals surface area contributed by atoms with E-state index < -0.39 is 0 Å². The third-order valence-corrected chi connectivity index (χ3v) is 4.23. The molecule has 0 saturated heterocycles. The Kier molecular flexibility index (Phi) is 6.04. The Bertz CT molecular complexity index is 900. The van der Waals surface area contributed by atoms with Crippen LogP contribution in [0.2, 0.25) is 5.02 Å². The molecule has 1 aromatic heterocycles. The summed E-state index contributed by atoms with van der Waals surface area (Å²) in [6, 6.07) is 5.05. The van der Waals surface area contributed by atoms with Crippen molar-refractivity contribution < 1.29 is 9.53 Å². The fourth-order valence-electron chi connectivity index (χ4n) is 2.61. The van der Waals surface area contributed by atoms with Crippen molar-refractivity contribution in [3.05, 3.63) is 63.9 Å². The van der Waals surface area contributed by atoms with Gasteiger partial charge >= 0.3 is 0 Å². The van der Waals surface area contributed by atoms with Crippen LogP contribution >= 0.6 is 11.6 Å². The number of carbonyl (C=O) groups excluding carboxylic acids is 1. The number of rotatable bonds is 7. The molecule has 1 aromatic carbocycles. The second kappa shape index (κ2) is 8.03. The van der Waals surface area contributed by atoms with Crippen LogP contribution in [0.1, 0.15) is 23.2 Å². The van der Waals surface area contributed by atoms with Crippen molar-refractivity contribution in [3.8, 4) is 5.75 Å². The molecule has 0 unspecified atom stereocenters. The van der Waals surface area contributed by atoms with E-state index in [9.17, 15) is 9.59 Å². The summed E-state index contributed by atoms with van der Waals surface area (Å²) in [5.41, 5.74) is 1.35. The summed E-state index contributed by atoms with van der Waals surface area (Å²) >= 11 is 6.08. The minimum atomic E-state index is -0.373. The van der Waals surface area contributed by atoms with Crippen LogP contribution in [0.3, 0.4) is 0 Å². The lowest BCUT2D eigenvalue weighted by atomic mass is 10.1. The van der Waals surface area contributed by atoms with Gasteiger partial charge in [0.25, 0.3) is 11.5 Å². The number of methoxy groups -OCH3 is 1. The molecule has 6 heteroatoms. The van der Waals surface area contributed by atoms with E-state index in [4.69, 9.17) is 16.3 Å². The Morgan fingerprint density at radius 1 is 1.44 bits per heavy atom. The molecule has 0 radical (unpaired) electrons. The van der Waals surface area contributed by atoms with Gasteiger partial charge in [-0.05, 0) is 31.0 Å². The molecule has 1 heterocycles. The number of pyridine rings is 1. The zero-order chi connectivity index (χ0) is 18.6. The number of ether oxygens (including phenoxy) is 1. The van der Waals surface area contributed by atoms with Gasteiger partial charge in [-0.1, -0.05) is 36.4 Å². The molecule has 1 amide bonds. The first-order valence-corrected chi connectivity index (χ1v) is 8.23. The monoisotopic (exact) mass is 360 g/mol. The molecule has 0 spiro atoms. The highest BCUT2D eigenvalue weighted by molar-refractivity contribution is 6.31. The van der Waals surface area contributed by atoms with Crippen LogP contribution in [0.4, 0.5) is 0 Å². The van der Waals surface area contributed by atoms with E-state index in [2.05, 4.69) is 18.5 Å². The maximum atomic E-state index is 12.7. The van der Waals surface area contributed by atoms with Crippen molar-refractivity contribution in [2.45, 2.75) is 12.8 Å². The fraction of sp³-hybridized carbons (Fsp3) is 0.263. The minimum absolute atomic E-state index is 0.00488. The van der Waals surface area contributed by atoms with E-state index in [0.29, 0.717) is 22.5 Å². The normalized spacial score (nSPS) is 10.5. The van der Waals surface area contributed by atoms with Crippen LogP contribution in [-0.2, 0) is 7.05 Å². The number of amides is 1. The van der Waals surface area contributed by atoms with Gasteiger partial charge in [0.1, 0.15) is 0 Å². The first-order chi connectivity index (χ1) is 11.9. The first kappa shape index (κ1) is 18.8. The lowest BCUT2D eigenvalue weighted by Gasteiger charge is -2.15. The summed E-state index contributed by atoms with van der Waals surface area (Å²) in [5.74, 6) is -0.365. The molecule has 0 aliphatic rings. The van der Waals surface area contributed by atoms with Crippen molar-refractivity contribution in [1.82, 2.24) is 9.88 Å². The number of benzene rings is 1. The number of hydrogen-bond donors (Lipinski definition) is 1. The van der Waals surface area contributed by atoms with Crippen LogP contribution in [0.25, 0.3) is 10.9 Å². The van der Waals surface area contributed by atoms with Crippen molar-refractivity contribution in [1.29, 1.82) is 0 Å². The quantitative estimate of drug-likeness (QED) is 0.607. The van der Waals surface area contributed by atoms with E-state index >= 15 is 0 Å². The number of nitrogens with one attached hydrogen (secondary N) is 1. The third kappa shape index (κ3) is 3.94. The predicted molar refractivity (Wildman–Crippen MR) is 102 cm³/mol. The van der Waals surface area contributed by atoms with E-state index in [1.54, 1.807) is 31.3 Å². The Hall–Kier alpha value is -2.53. The molecule has 0 fully saturated rings. The van der Waals surface area contributed by atoms with Crippen molar-refractivity contribution in [2.75, 3.05) is 13.7 Å². The SMILES string of the molecule is C=CC(=C)CCCNC(=O)c1c(OC)c(=O)n(C)c2ccc(Cl)cc12. The molecule has 0 bridgehead atoms. The van der Waals surface area contributed by atoms with Gasteiger partial charge in [-0.15, -0.1) is 0 Å². The number of aromatic nitrogens is 1. The number of carbonyl (C=O) groups is 1. The van der Waals surface area contributed by atoms with Gasteiger partial charge in [0, 0.05) is 24.0 Å². The lowest BCUT2D eigenvalue weighted by molar-refractivity contribution is 0.0951.